The highest BCUT2D eigenvalue weighted by atomic mass is 35.5. The molecule has 0 aromatic heterocycles. The Kier molecular flexibility index (Phi) is 7.26. The normalized spacial score (nSPS) is 20.6. The first-order valence-electron chi connectivity index (χ1n) is 10.4. The minimum atomic E-state index is -5.08. The number of rotatable bonds is 3. The van der Waals surface area contributed by atoms with Crippen molar-refractivity contribution in [3.63, 3.8) is 0 Å². The number of nitrogens with one attached hydrogen (secondary N) is 1. The minimum Gasteiger partial charge on any atom is -0.475 e. The SMILES string of the molecule is CN(C)C(=O)c1ccc(N2CCN(C3CC4(CNC4)C3)CC2)cc1Cl.O=C(O)C(F)(F)F. The molecule has 1 amide bonds. The van der Waals surface area contributed by atoms with Crippen LogP contribution in [0.2, 0.25) is 5.02 Å². The minimum absolute atomic E-state index is 0.0502. The lowest BCUT2D eigenvalue weighted by Crippen LogP contribution is -2.66. The maximum Gasteiger partial charge on any atom is 0.490 e. The van der Waals surface area contributed by atoms with Crippen molar-refractivity contribution in [3.05, 3.63) is 28.8 Å². The molecule has 1 saturated carbocycles. The Hall–Kier alpha value is -2.04. The third-order valence-electron chi connectivity index (χ3n) is 6.36. The van der Waals surface area contributed by atoms with Gasteiger partial charge in [0.2, 0.25) is 0 Å². The largest absolute Gasteiger partial charge is 0.490 e. The maximum atomic E-state index is 12.1. The molecule has 0 unspecified atom stereocenters. The molecule has 178 valence electrons. The fourth-order valence-corrected chi connectivity index (χ4v) is 4.68. The van der Waals surface area contributed by atoms with Crippen molar-refractivity contribution in [2.24, 2.45) is 5.41 Å². The van der Waals surface area contributed by atoms with Gasteiger partial charge in [0.25, 0.3) is 5.91 Å². The Labute approximate surface area is 190 Å². The van der Waals surface area contributed by atoms with Crippen LogP contribution in [0, 0.1) is 5.41 Å². The molecule has 1 aliphatic carbocycles. The molecular weight excluding hydrogens is 449 g/mol. The highest BCUT2D eigenvalue weighted by molar-refractivity contribution is 6.34. The van der Waals surface area contributed by atoms with Gasteiger partial charge in [-0.1, -0.05) is 11.6 Å². The number of aliphatic carboxylic acids is 1. The van der Waals surface area contributed by atoms with Gasteiger partial charge in [-0.3, -0.25) is 9.69 Å². The Bertz CT molecular complexity index is 845. The van der Waals surface area contributed by atoms with Gasteiger partial charge < -0.3 is 20.2 Å². The first-order chi connectivity index (χ1) is 14.9. The summed E-state index contributed by atoms with van der Waals surface area (Å²) in [4.78, 5) is 27.6. The van der Waals surface area contributed by atoms with E-state index in [-0.39, 0.29) is 5.91 Å². The van der Waals surface area contributed by atoms with Gasteiger partial charge in [0.05, 0.1) is 10.6 Å². The lowest BCUT2D eigenvalue weighted by atomic mass is 9.61. The summed E-state index contributed by atoms with van der Waals surface area (Å²) in [6.07, 6.45) is -2.35. The topological polar surface area (TPSA) is 76.1 Å². The Morgan fingerprint density at radius 1 is 1.16 bits per heavy atom. The fourth-order valence-electron chi connectivity index (χ4n) is 4.43. The summed E-state index contributed by atoms with van der Waals surface area (Å²) in [6.45, 7) is 6.73. The monoisotopic (exact) mass is 476 g/mol. The van der Waals surface area contributed by atoms with Crippen LogP contribution in [0.15, 0.2) is 18.2 Å². The number of piperazine rings is 1. The molecule has 0 bridgehead atoms. The van der Waals surface area contributed by atoms with E-state index in [4.69, 9.17) is 21.5 Å². The van der Waals surface area contributed by atoms with E-state index >= 15 is 0 Å². The molecule has 2 heterocycles. The molecule has 1 aromatic rings. The molecule has 2 saturated heterocycles. The third kappa shape index (κ3) is 5.47. The van der Waals surface area contributed by atoms with E-state index in [1.807, 2.05) is 18.2 Å². The fraction of sp³-hybridized carbons (Fsp3) is 0.619. The second-order valence-corrected chi connectivity index (χ2v) is 9.26. The van der Waals surface area contributed by atoms with Crippen LogP contribution in [0.4, 0.5) is 18.9 Å². The highest BCUT2D eigenvalue weighted by Crippen LogP contribution is 2.46. The van der Waals surface area contributed by atoms with Crippen LogP contribution in [0.5, 0.6) is 0 Å². The van der Waals surface area contributed by atoms with Crippen LogP contribution in [0.25, 0.3) is 0 Å². The molecule has 1 spiro atoms. The molecule has 3 aliphatic rings. The quantitative estimate of drug-likeness (QED) is 0.698. The number of hydrogen-bond acceptors (Lipinski definition) is 5. The highest BCUT2D eigenvalue weighted by Gasteiger charge is 2.50. The van der Waals surface area contributed by atoms with Crippen LogP contribution in [-0.2, 0) is 4.79 Å². The number of nitrogens with zero attached hydrogens (tertiary/aromatic N) is 3. The van der Waals surface area contributed by atoms with Crippen LogP contribution < -0.4 is 10.2 Å². The van der Waals surface area contributed by atoms with E-state index in [0.29, 0.717) is 16.0 Å². The number of anilines is 1. The van der Waals surface area contributed by atoms with E-state index in [9.17, 15) is 18.0 Å². The number of carboxylic acids is 1. The summed E-state index contributed by atoms with van der Waals surface area (Å²) in [5.41, 5.74) is 2.33. The molecule has 1 aromatic carbocycles. The Morgan fingerprint density at radius 3 is 2.12 bits per heavy atom. The first kappa shape index (κ1) is 24.6. The van der Waals surface area contributed by atoms with Crippen molar-refractivity contribution < 1.29 is 27.9 Å². The van der Waals surface area contributed by atoms with Crippen molar-refractivity contribution in [1.29, 1.82) is 0 Å². The maximum absolute atomic E-state index is 12.1. The summed E-state index contributed by atoms with van der Waals surface area (Å²) in [5.74, 6) is -2.81. The molecule has 4 rings (SSSR count). The average Bonchev–Trinajstić information content (AvgIpc) is 2.65. The van der Waals surface area contributed by atoms with Gasteiger partial charge in [-0.05, 0) is 36.5 Å². The van der Waals surface area contributed by atoms with Crippen molar-refractivity contribution in [2.45, 2.75) is 25.1 Å². The van der Waals surface area contributed by atoms with E-state index in [1.165, 1.54) is 25.9 Å². The molecule has 2 aliphatic heterocycles. The zero-order valence-corrected chi connectivity index (χ0v) is 18.8. The van der Waals surface area contributed by atoms with Gasteiger partial charge in [-0.2, -0.15) is 13.2 Å². The van der Waals surface area contributed by atoms with Crippen molar-refractivity contribution in [1.82, 2.24) is 15.1 Å². The van der Waals surface area contributed by atoms with E-state index in [1.54, 1.807) is 19.0 Å². The number of hydrogen-bond donors (Lipinski definition) is 2. The summed E-state index contributed by atoms with van der Waals surface area (Å²) in [7, 11) is 3.49. The summed E-state index contributed by atoms with van der Waals surface area (Å²) in [6, 6.07) is 6.60. The van der Waals surface area contributed by atoms with Gasteiger partial charge in [0.1, 0.15) is 0 Å². The number of amides is 1. The van der Waals surface area contributed by atoms with Crippen molar-refractivity contribution in [2.75, 3.05) is 58.3 Å². The van der Waals surface area contributed by atoms with Gasteiger partial charge in [0, 0.05) is 65.1 Å². The number of carboxylic acid groups (broad SMARTS) is 1. The first-order valence-corrected chi connectivity index (χ1v) is 10.8. The van der Waals surface area contributed by atoms with Crippen LogP contribution in [-0.4, -0.2) is 92.4 Å². The zero-order valence-electron chi connectivity index (χ0n) is 18.1. The van der Waals surface area contributed by atoms with Gasteiger partial charge in [-0.25, -0.2) is 4.79 Å². The van der Waals surface area contributed by atoms with Gasteiger partial charge >= 0.3 is 12.1 Å². The molecule has 3 fully saturated rings. The molecule has 7 nitrogen and oxygen atoms in total. The molecule has 32 heavy (non-hydrogen) atoms. The standard InChI is InChI=1S/C19H27ClN4O.C2HF3O2/c1-22(2)18(25)16-4-3-14(9-17(16)20)23-5-7-24(8-6-23)15-10-19(11-15)12-21-13-19;3-2(4,5)1(6)7/h3-4,9,15,21H,5-8,10-13H2,1-2H3;(H,6,7). The number of benzene rings is 1. The third-order valence-corrected chi connectivity index (χ3v) is 6.68. The number of carbonyl (C=O) groups excluding carboxylic acids is 1. The predicted octanol–water partition coefficient (Wildman–Crippen LogP) is 2.55. The predicted molar refractivity (Wildman–Crippen MR) is 115 cm³/mol. The second-order valence-electron chi connectivity index (χ2n) is 8.86. The molecule has 11 heteroatoms. The van der Waals surface area contributed by atoms with Crippen LogP contribution >= 0.6 is 11.6 Å². The second kappa shape index (κ2) is 9.44. The molecular formula is C21H28ClF3N4O3. The van der Waals surface area contributed by atoms with Gasteiger partial charge in [-0.15, -0.1) is 0 Å². The van der Waals surface area contributed by atoms with Crippen LogP contribution in [0.1, 0.15) is 23.2 Å². The number of alkyl halides is 3. The molecule has 0 radical (unpaired) electrons. The number of halogens is 4. The summed E-state index contributed by atoms with van der Waals surface area (Å²) in [5, 5.41) is 11.1. The smallest absolute Gasteiger partial charge is 0.475 e. The Balaban J connectivity index is 0.000000360. The van der Waals surface area contributed by atoms with E-state index in [0.717, 1.165) is 37.9 Å². The van der Waals surface area contributed by atoms with Crippen LogP contribution in [0.3, 0.4) is 0 Å². The van der Waals surface area contributed by atoms with E-state index in [2.05, 4.69) is 15.1 Å². The van der Waals surface area contributed by atoms with Gasteiger partial charge in [0.15, 0.2) is 0 Å². The summed E-state index contributed by atoms with van der Waals surface area (Å²) < 4.78 is 31.7. The zero-order chi connectivity index (χ0) is 23.7. The van der Waals surface area contributed by atoms with Crippen molar-refractivity contribution in [3.8, 4) is 0 Å². The van der Waals surface area contributed by atoms with E-state index < -0.39 is 12.1 Å². The average molecular weight is 477 g/mol. The molecule has 0 atom stereocenters. The lowest BCUT2D eigenvalue weighted by Gasteiger charge is -2.58. The number of carbonyl (C=O) groups is 2. The Morgan fingerprint density at radius 2 is 1.72 bits per heavy atom. The van der Waals surface area contributed by atoms with Crippen molar-refractivity contribution >= 4 is 29.2 Å². The lowest BCUT2D eigenvalue weighted by molar-refractivity contribution is -0.192. The summed E-state index contributed by atoms with van der Waals surface area (Å²) >= 11 is 6.36. The molecule has 2 N–H and O–H groups in total.